The number of para-hydroxylation sites is 1. The molecule has 5 aromatic rings. The third-order valence-electron chi connectivity index (χ3n) is 4.74. The highest BCUT2D eigenvalue weighted by Crippen LogP contribution is 2.24. The summed E-state index contributed by atoms with van der Waals surface area (Å²) in [5.41, 5.74) is 1.55. The average molecular weight is 447 g/mol. The average Bonchev–Trinajstić information content (AvgIpc) is 3.42. The molecule has 1 N–H and O–H groups in total. The monoisotopic (exact) mass is 446 g/mol. The lowest BCUT2D eigenvalue weighted by Crippen LogP contribution is -2.28. The summed E-state index contributed by atoms with van der Waals surface area (Å²) in [5, 5.41) is 11.4. The van der Waals surface area contributed by atoms with Crippen molar-refractivity contribution in [1.82, 2.24) is 24.3 Å². The van der Waals surface area contributed by atoms with Crippen LogP contribution in [0.15, 0.2) is 82.2 Å². The van der Waals surface area contributed by atoms with Gasteiger partial charge in [-0.15, -0.1) is 5.10 Å². The Morgan fingerprint density at radius 3 is 2.62 bits per heavy atom. The Morgan fingerprint density at radius 2 is 1.81 bits per heavy atom. The Hall–Kier alpha value is -4.24. The summed E-state index contributed by atoms with van der Waals surface area (Å²) in [6.45, 7) is -0.287. The van der Waals surface area contributed by atoms with E-state index in [-0.39, 0.29) is 12.4 Å². The minimum Gasteiger partial charge on any atom is -0.333 e. The summed E-state index contributed by atoms with van der Waals surface area (Å²) in [6, 6.07) is 19.6. The maximum atomic E-state index is 12.8. The Kier molecular flexibility index (Phi) is 5.00. The van der Waals surface area contributed by atoms with E-state index >= 15 is 0 Å². The molecule has 0 saturated carbocycles. The quantitative estimate of drug-likeness (QED) is 0.442. The molecule has 0 saturated heterocycles. The van der Waals surface area contributed by atoms with Crippen molar-refractivity contribution in [3.8, 4) is 22.8 Å². The molecular formula is C22H15ClN6O3. The van der Waals surface area contributed by atoms with Gasteiger partial charge in [0.05, 0.1) is 16.3 Å². The van der Waals surface area contributed by atoms with Gasteiger partial charge in [-0.05, 0) is 24.3 Å². The van der Waals surface area contributed by atoms with Crippen molar-refractivity contribution in [3.63, 3.8) is 0 Å². The molecule has 0 aliphatic carbocycles. The summed E-state index contributed by atoms with van der Waals surface area (Å²) in [7, 11) is 0. The first-order valence-corrected chi connectivity index (χ1v) is 10.00. The molecule has 32 heavy (non-hydrogen) atoms. The third-order valence-corrected chi connectivity index (χ3v) is 5.07. The van der Waals surface area contributed by atoms with Crippen LogP contribution < -0.4 is 11.0 Å². The maximum absolute atomic E-state index is 12.8. The number of carbonyl (C=O) groups is 1. The van der Waals surface area contributed by atoms with E-state index in [2.05, 4.69) is 20.6 Å². The van der Waals surface area contributed by atoms with Crippen LogP contribution >= 0.6 is 11.6 Å². The number of carbonyl (C=O) groups excluding carboxylic acids is 1. The van der Waals surface area contributed by atoms with Crippen molar-refractivity contribution in [2.45, 2.75) is 6.54 Å². The van der Waals surface area contributed by atoms with Crippen molar-refractivity contribution in [1.29, 1.82) is 0 Å². The molecule has 0 radical (unpaired) electrons. The Bertz CT molecular complexity index is 1490. The van der Waals surface area contributed by atoms with E-state index in [9.17, 15) is 9.59 Å². The molecule has 0 spiro atoms. The van der Waals surface area contributed by atoms with Gasteiger partial charge < -0.3 is 9.84 Å². The van der Waals surface area contributed by atoms with Crippen LogP contribution in [-0.4, -0.2) is 30.2 Å². The molecule has 158 valence electrons. The van der Waals surface area contributed by atoms with Crippen LogP contribution in [0.2, 0.25) is 5.02 Å². The van der Waals surface area contributed by atoms with Crippen molar-refractivity contribution >= 4 is 28.8 Å². The normalized spacial score (nSPS) is 11.0. The molecule has 0 atom stereocenters. The number of pyridine rings is 1. The first kappa shape index (κ1) is 19.7. The lowest BCUT2D eigenvalue weighted by atomic mass is 10.2. The largest absolute Gasteiger partial charge is 0.350 e. The minimum absolute atomic E-state index is 0.215. The summed E-state index contributed by atoms with van der Waals surface area (Å²) in [6.07, 6.45) is 1.56. The highest BCUT2D eigenvalue weighted by Gasteiger charge is 2.18. The lowest BCUT2D eigenvalue weighted by Gasteiger charge is -2.06. The topological polar surface area (TPSA) is 107 Å². The number of aromatic nitrogens is 5. The number of benzene rings is 2. The van der Waals surface area contributed by atoms with Gasteiger partial charge >= 0.3 is 5.69 Å². The van der Waals surface area contributed by atoms with Crippen molar-refractivity contribution < 1.29 is 9.32 Å². The standard InChI is InChI=1S/C22H15ClN6O3/c23-16-10-4-5-11-17(16)24-18(30)13-29-22(31)28-12-6-9-15(20(28)26-29)21-25-19(27-32-21)14-7-2-1-3-8-14/h1-12H,13H2,(H,24,30). The fraction of sp³-hybridized carbons (Fsp3) is 0.0455. The van der Waals surface area contributed by atoms with Gasteiger partial charge in [0.15, 0.2) is 5.65 Å². The van der Waals surface area contributed by atoms with Crippen LogP contribution in [0.1, 0.15) is 0 Å². The number of hydrogen-bond acceptors (Lipinski definition) is 6. The highest BCUT2D eigenvalue weighted by molar-refractivity contribution is 6.33. The fourth-order valence-electron chi connectivity index (χ4n) is 3.23. The zero-order chi connectivity index (χ0) is 22.1. The van der Waals surface area contributed by atoms with E-state index in [1.54, 1.807) is 42.6 Å². The molecule has 3 heterocycles. The number of nitrogens with zero attached hydrogens (tertiary/aromatic N) is 5. The van der Waals surface area contributed by atoms with Crippen LogP contribution in [0.5, 0.6) is 0 Å². The van der Waals surface area contributed by atoms with Gasteiger partial charge in [-0.3, -0.25) is 4.79 Å². The van der Waals surface area contributed by atoms with Crippen molar-refractivity contribution in [2.24, 2.45) is 0 Å². The molecule has 10 heteroatoms. The van der Waals surface area contributed by atoms with Crippen molar-refractivity contribution in [2.75, 3.05) is 5.32 Å². The molecule has 9 nitrogen and oxygen atoms in total. The van der Waals surface area contributed by atoms with E-state index in [1.165, 1.54) is 4.40 Å². The van der Waals surface area contributed by atoms with Crippen LogP contribution in [0, 0.1) is 0 Å². The summed E-state index contributed by atoms with van der Waals surface area (Å²) in [4.78, 5) is 29.7. The van der Waals surface area contributed by atoms with Crippen LogP contribution in [0.25, 0.3) is 28.5 Å². The molecule has 0 aliphatic heterocycles. The molecule has 0 unspecified atom stereocenters. The number of amides is 1. The van der Waals surface area contributed by atoms with Crippen LogP contribution in [0.4, 0.5) is 5.69 Å². The van der Waals surface area contributed by atoms with E-state index in [1.807, 2.05) is 30.3 Å². The number of halogens is 1. The summed E-state index contributed by atoms with van der Waals surface area (Å²) in [5.74, 6) is 0.199. The Labute approximate surface area is 185 Å². The lowest BCUT2D eigenvalue weighted by molar-refractivity contribution is -0.117. The predicted molar refractivity (Wildman–Crippen MR) is 118 cm³/mol. The van der Waals surface area contributed by atoms with Gasteiger partial charge in [0, 0.05) is 11.8 Å². The zero-order valence-electron chi connectivity index (χ0n) is 16.5. The zero-order valence-corrected chi connectivity index (χ0v) is 17.2. The van der Waals surface area contributed by atoms with Crippen molar-refractivity contribution in [3.05, 3.63) is 88.4 Å². The molecule has 1 amide bonds. The van der Waals surface area contributed by atoms with E-state index < -0.39 is 11.6 Å². The fourth-order valence-corrected chi connectivity index (χ4v) is 3.42. The molecule has 2 aromatic carbocycles. The van der Waals surface area contributed by atoms with Gasteiger partial charge in [0.2, 0.25) is 11.7 Å². The highest BCUT2D eigenvalue weighted by atomic mass is 35.5. The third kappa shape index (κ3) is 3.65. The molecule has 5 rings (SSSR count). The Morgan fingerprint density at radius 1 is 1.03 bits per heavy atom. The molecule has 3 aromatic heterocycles. The summed E-state index contributed by atoms with van der Waals surface area (Å²) < 4.78 is 7.81. The van der Waals surface area contributed by atoms with E-state index in [0.29, 0.717) is 27.7 Å². The van der Waals surface area contributed by atoms with Crippen LogP contribution in [0.3, 0.4) is 0 Å². The second-order valence-corrected chi connectivity index (χ2v) is 7.28. The first-order valence-electron chi connectivity index (χ1n) is 9.62. The maximum Gasteiger partial charge on any atom is 0.350 e. The van der Waals surface area contributed by atoms with Gasteiger partial charge in [-0.2, -0.15) is 4.98 Å². The number of nitrogens with one attached hydrogen (secondary N) is 1. The molecule has 0 bridgehead atoms. The first-order chi connectivity index (χ1) is 15.6. The van der Waals surface area contributed by atoms with Gasteiger partial charge in [0.1, 0.15) is 6.54 Å². The number of anilines is 1. The second kappa shape index (κ2) is 8.12. The predicted octanol–water partition coefficient (Wildman–Crippen LogP) is 3.51. The summed E-state index contributed by atoms with van der Waals surface area (Å²) >= 11 is 6.08. The molecule has 0 fully saturated rings. The van der Waals surface area contributed by atoms with Gasteiger partial charge in [0.25, 0.3) is 5.89 Å². The van der Waals surface area contributed by atoms with Gasteiger partial charge in [-0.1, -0.05) is 59.2 Å². The second-order valence-electron chi connectivity index (χ2n) is 6.87. The number of hydrogen-bond donors (Lipinski definition) is 1. The minimum atomic E-state index is -0.473. The van der Waals surface area contributed by atoms with Crippen LogP contribution in [-0.2, 0) is 11.3 Å². The van der Waals surface area contributed by atoms with Gasteiger partial charge in [-0.25, -0.2) is 13.9 Å². The Balaban J connectivity index is 1.46. The molecular weight excluding hydrogens is 432 g/mol. The molecule has 0 aliphatic rings. The SMILES string of the molecule is O=C(Cn1nc2c(-c3nc(-c4ccccc4)no3)cccn2c1=O)Nc1ccccc1Cl. The number of fused-ring (bicyclic) bond motifs is 1. The smallest absolute Gasteiger partial charge is 0.333 e. The van der Waals surface area contributed by atoms with E-state index in [4.69, 9.17) is 16.1 Å². The number of rotatable bonds is 5. The van der Waals surface area contributed by atoms with E-state index in [0.717, 1.165) is 10.2 Å².